The second-order valence-electron chi connectivity index (χ2n) is 7.91. The van der Waals surface area contributed by atoms with Crippen LogP contribution in [0.1, 0.15) is 21.5 Å². The van der Waals surface area contributed by atoms with Gasteiger partial charge in [0.15, 0.2) is 5.43 Å². The van der Waals surface area contributed by atoms with Crippen LogP contribution in [0.2, 0.25) is 0 Å². The zero-order valence-electron chi connectivity index (χ0n) is 18.8. The van der Waals surface area contributed by atoms with E-state index >= 15 is 0 Å². The summed E-state index contributed by atoms with van der Waals surface area (Å²) in [7, 11) is -2.50. The lowest BCUT2D eigenvalue weighted by Gasteiger charge is -2.14. The maximum Gasteiger partial charge on any atom is 0.261 e. The average Bonchev–Trinajstić information content (AvgIpc) is 2.80. The number of nitrogens with one attached hydrogen (secondary N) is 3. The van der Waals surface area contributed by atoms with Gasteiger partial charge in [0, 0.05) is 24.5 Å². The molecule has 3 N–H and O–H groups in total. The van der Waals surface area contributed by atoms with Crippen LogP contribution in [-0.2, 0) is 16.4 Å². The van der Waals surface area contributed by atoms with Crippen molar-refractivity contribution in [3.8, 4) is 0 Å². The number of carbonyl (C=O) groups excluding carboxylic acids is 1. The molecule has 1 aromatic heterocycles. The first kappa shape index (κ1) is 24.2. The van der Waals surface area contributed by atoms with Crippen molar-refractivity contribution in [2.24, 2.45) is 0 Å². The van der Waals surface area contributed by atoms with E-state index in [9.17, 15) is 26.8 Å². The molecule has 4 rings (SSSR count). The quantitative estimate of drug-likeness (QED) is 0.374. The molecule has 180 valence electrons. The van der Waals surface area contributed by atoms with Crippen molar-refractivity contribution in [3.63, 3.8) is 0 Å². The molecule has 0 saturated carbocycles. The number of H-pyrrole nitrogens is 1. The van der Waals surface area contributed by atoms with Gasteiger partial charge in [0.25, 0.3) is 5.91 Å². The van der Waals surface area contributed by atoms with Crippen LogP contribution in [0.5, 0.6) is 0 Å². The smallest absolute Gasteiger partial charge is 0.261 e. The molecule has 10 heteroatoms. The number of aromatic nitrogens is 1. The van der Waals surface area contributed by atoms with Gasteiger partial charge in [-0.2, -0.15) is 0 Å². The van der Waals surface area contributed by atoms with Crippen molar-refractivity contribution in [1.82, 2.24) is 10.3 Å². The lowest BCUT2D eigenvalue weighted by Crippen LogP contribution is -2.17. The number of halogens is 2. The molecule has 7 nitrogen and oxygen atoms in total. The molecule has 0 unspecified atom stereocenters. The van der Waals surface area contributed by atoms with Gasteiger partial charge in [-0.05, 0) is 61.5 Å². The maximum absolute atomic E-state index is 14.1. The van der Waals surface area contributed by atoms with Gasteiger partial charge in [-0.3, -0.25) is 9.59 Å². The van der Waals surface area contributed by atoms with E-state index in [4.69, 9.17) is 0 Å². The molecule has 0 aliphatic rings. The topological polar surface area (TPSA) is 108 Å². The molecule has 4 aromatic rings. The number of anilines is 1. The Labute approximate surface area is 199 Å². The summed E-state index contributed by atoms with van der Waals surface area (Å²) in [6.45, 7) is 2.28. The number of fused-ring (bicyclic) bond motifs is 1. The summed E-state index contributed by atoms with van der Waals surface area (Å²) in [5.41, 5.74) is 0.352. The standard InChI is InChI=1S/C25H21F2N3O4S/c1-14-6-7-17(10-15(14)13-28-2)35(33,34)22-12-16(11-20-24(22)21(31)8-9-29-20)30-25(32)23-18(26)4-3-5-19(23)27/h3-12,28H,13H2,1-2H3,(H,29,31)(H,30,32). The van der Waals surface area contributed by atoms with Gasteiger partial charge in [0.2, 0.25) is 9.84 Å². The fraction of sp³-hybridized carbons (Fsp3) is 0.120. The SMILES string of the molecule is CNCc1cc(S(=O)(=O)c2cc(NC(=O)c3c(F)cccc3F)cc3[nH]ccc(=O)c23)ccc1C. The molecule has 1 heterocycles. The minimum atomic E-state index is -4.23. The zero-order valence-corrected chi connectivity index (χ0v) is 19.6. The summed E-state index contributed by atoms with van der Waals surface area (Å²) in [4.78, 5) is 27.7. The lowest BCUT2D eigenvalue weighted by molar-refractivity contribution is 0.101. The van der Waals surface area contributed by atoms with Gasteiger partial charge < -0.3 is 15.6 Å². The van der Waals surface area contributed by atoms with Gasteiger partial charge in [0.1, 0.15) is 17.2 Å². The third kappa shape index (κ3) is 4.58. The number of pyridine rings is 1. The van der Waals surface area contributed by atoms with Crippen LogP contribution in [0.25, 0.3) is 10.9 Å². The van der Waals surface area contributed by atoms with Gasteiger partial charge >= 0.3 is 0 Å². The molecule has 0 aliphatic heterocycles. The number of sulfone groups is 1. The minimum Gasteiger partial charge on any atom is -0.361 e. The molecular formula is C25H21F2N3O4S. The first-order valence-corrected chi connectivity index (χ1v) is 12.0. The van der Waals surface area contributed by atoms with Crippen LogP contribution in [0, 0.1) is 18.6 Å². The highest BCUT2D eigenvalue weighted by Gasteiger charge is 2.25. The molecule has 3 aromatic carbocycles. The summed E-state index contributed by atoms with van der Waals surface area (Å²) >= 11 is 0. The van der Waals surface area contributed by atoms with Gasteiger partial charge in [-0.25, -0.2) is 17.2 Å². The Hall–Kier alpha value is -3.89. The Morgan fingerprint density at radius 2 is 1.74 bits per heavy atom. The van der Waals surface area contributed by atoms with Crippen molar-refractivity contribution >= 4 is 32.3 Å². The van der Waals surface area contributed by atoms with E-state index in [1.807, 2.05) is 6.92 Å². The van der Waals surface area contributed by atoms with Crippen LogP contribution < -0.4 is 16.1 Å². The molecule has 0 saturated heterocycles. The van der Waals surface area contributed by atoms with E-state index in [0.29, 0.717) is 6.54 Å². The predicted molar refractivity (Wildman–Crippen MR) is 128 cm³/mol. The number of benzene rings is 3. The second-order valence-corrected chi connectivity index (χ2v) is 9.83. The van der Waals surface area contributed by atoms with Gasteiger partial charge in [-0.15, -0.1) is 0 Å². The number of amides is 1. The third-order valence-corrected chi connectivity index (χ3v) is 7.33. The van der Waals surface area contributed by atoms with Crippen LogP contribution in [0.3, 0.4) is 0 Å². The summed E-state index contributed by atoms with van der Waals surface area (Å²) in [6, 6.07) is 11.2. The molecule has 0 aliphatic carbocycles. The van der Waals surface area contributed by atoms with Crippen molar-refractivity contribution in [3.05, 3.63) is 99.3 Å². The monoisotopic (exact) mass is 497 g/mol. The summed E-state index contributed by atoms with van der Waals surface area (Å²) in [5, 5.41) is 5.22. The van der Waals surface area contributed by atoms with Gasteiger partial charge in [-0.1, -0.05) is 12.1 Å². The third-order valence-electron chi connectivity index (χ3n) is 5.56. The van der Waals surface area contributed by atoms with E-state index in [2.05, 4.69) is 15.6 Å². The number of carbonyl (C=O) groups is 1. The van der Waals surface area contributed by atoms with Crippen molar-refractivity contribution in [2.45, 2.75) is 23.3 Å². The molecule has 0 fully saturated rings. The van der Waals surface area contributed by atoms with E-state index < -0.39 is 38.4 Å². The second kappa shape index (κ2) is 9.40. The van der Waals surface area contributed by atoms with Crippen LogP contribution in [0.15, 0.2) is 75.4 Å². The average molecular weight is 498 g/mol. The number of aryl methyl sites for hydroxylation is 1. The van der Waals surface area contributed by atoms with Gasteiger partial charge in [0.05, 0.1) is 20.7 Å². The number of hydrogen-bond acceptors (Lipinski definition) is 5. The van der Waals surface area contributed by atoms with Crippen LogP contribution in [-0.4, -0.2) is 26.4 Å². The fourth-order valence-electron chi connectivity index (χ4n) is 3.79. The van der Waals surface area contributed by atoms with E-state index in [1.54, 1.807) is 13.1 Å². The highest BCUT2D eigenvalue weighted by atomic mass is 32.2. The Morgan fingerprint density at radius 1 is 1.03 bits per heavy atom. The fourth-order valence-corrected chi connectivity index (χ4v) is 5.35. The largest absolute Gasteiger partial charge is 0.361 e. The Balaban J connectivity index is 1.89. The number of hydrogen-bond donors (Lipinski definition) is 3. The van der Waals surface area contributed by atoms with Crippen molar-refractivity contribution < 1.29 is 22.0 Å². The highest BCUT2D eigenvalue weighted by Crippen LogP contribution is 2.30. The Morgan fingerprint density at radius 3 is 2.43 bits per heavy atom. The molecule has 1 amide bonds. The van der Waals surface area contributed by atoms with Crippen LogP contribution in [0.4, 0.5) is 14.5 Å². The number of aromatic amines is 1. The molecule has 0 bridgehead atoms. The van der Waals surface area contributed by atoms with Crippen molar-refractivity contribution in [1.29, 1.82) is 0 Å². The van der Waals surface area contributed by atoms with Crippen LogP contribution >= 0.6 is 0 Å². The first-order valence-electron chi connectivity index (χ1n) is 10.5. The Kier molecular flexibility index (Phi) is 6.51. The molecule has 0 radical (unpaired) electrons. The summed E-state index contributed by atoms with van der Waals surface area (Å²) in [5.74, 6) is -3.24. The predicted octanol–water partition coefficient (Wildman–Crippen LogP) is 3.92. The zero-order chi connectivity index (χ0) is 25.3. The molecule has 0 spiro atoms. The van der Waals surface area contributed by atoms with E-state index in [0.717, 1.165) is 35.4 Å². The maximum atomic E-state index is 14.1. The summed E-state index contributed by atoms with van der Waals surface area (Å²) in [6.07, 6.45) is 1.33. The van der Waals surface area contributed by atoms with E-state index in [1.165, 1.54) is 30.5 Å². The minimum absolute atomic E-state index is 0.0403. The van der Waals surface area contributed by atoms with Crippen molar-refractivity contribution in [2.75, 3.05) is 12.4 Å². The molecule has 0 atom stereocenters. The Bertz CT molecular complexity index is 1610. The molecule has 35 heavy (non-hydrogen) atoms. The number of rotatable bonds is 6. The normalized spacial score (nSPS) is 11.5. The summed E-state index contributed by atoms with van der Waals surface area (Å²) < 4.78 is 55.5. The highest BCUT2D eigenvalue weighted by molar-refractivity contribution is 7.91. The van der Waals surface area contributed by atoms with E-state index in [-0.39, 0.29) is 26.4 Å². The lowest BCUT2D eigenvalue weighted by atomic mass is 10.1. The molecular weight excluding hydrogens is 476 g/mol. The first-order chi connectivity index (χ1) is 16.6.